The Morgan fingerprint density at radius 3 is 2.63 bits per heavy atom. The Morgan fingerprint density at radius 2 is 1.84 bits per heavy atom. The third-order valence-corrected chi connectivity index (χ3v) is 2.93. The maximum atomic E-state index is 11.8. The zero-order chi connectivity index (χ0) is 12.8. The summed E-state index contributed by atoms with van der Waals surface area (Å²) in [4.78, 5) is 11.8. The lowest BCUT2D eigenvalue weighted by Gasteiger charge is -2.07. The molecule has 4 heteroatoms. The predicted molar refractivity (Wildman–Crippen MR) is 81.6 cm³/mol. The molecule has 0 radical (unpaired) electrons. The summed E-state index contributed by atoms with van der Waals surface area (Å²) in [5.74, 6) is 0.0554. The number of fused-ring (bicyclic) bond motifs is 1. The smallest absolute Gasteiger partial charge is 0.224 e. The van der Waals surface area contributed by atoms with Crippen LogP contribution in [-0.4, -0.2) is 19.0 Å². The number of amides is 1. The van der Waals surface area contributed by atoms with E-state index >= 15 is 0 Å². The Hall–Kier alpha value is -1.58. The Morgan fingerprint density at radius 1 is 1.11 bits per heavy atom. The van der Waals surface area contributed by atoms with Crippen LogP contribution in [0.2, 0.25) is 0 Å². The summed E-state index contributed by atoms with van der Waals surface area (Å²) in [5.41, 5.74) is 6.46. The molecule has 0 bridgehead atoms. The van der Waals surface area contributed by atoms with Gasteiger partial charge in [-0.05, 0) is 29.3 Å². The van der Waals surface area contributed by atoms with Gasteiger partial charge in [0.1, 0.15) is 0 Å². The minimum atomic E-state index is 0. The first-order chi connectivity index (χ1) is 8.81. The average Bonchev–Trinajstić information content (AvgIpc) is 2.39. The summed E-state index contributed by atoms with van der Waals surface area (Å²) >= 11 is 0. The van der Waals surface area contributed by atoms with Crippen molar-refractivity contribution in [3.05, 3.63) is 48.0 Å². The molecule has 0 heterocycles. The SMILES string of the molecule is Cl.NCCCNC(=O)Cc1cccc2ccccc12. The summed E-state index contributed by atoms with van der Waals surface area (Å²) in [5, 5.41) is 5.20. The highest BCUT2D eigenvalue weighted by molar-refractivity contribution is 5.90. The third-order valence-electron chi connectivity index (χ3n) is 2.93. The maximum Gasteiger partial charge on any atom is 0.224 e. The Balaban J connectivity index is 0.00000180. The van der Waals surface area contributed by atoms with E-state index in [1.807, 2.05) is 24.3 Å². The minimum absolute atomic E-state index is 0. The zero-order valence-corrected chi connectivity index (χ0v) is 11.6. The second-order valence-electron chi connectivity index (χ2n) is 4.31. The average molecular weight is 279 g/mol. The highest BCUT2D eigenvalue weighted by Crippen LogP contribution is 2.18. The van der Waals surface area contributed by atoms with Crippen molar-refractivity contribution in [3.63, 3.8) is 0 Å². The molecule has 0 saturated carbocycles. The van der Waals surface area contributed by atoms with Gasteiger partial charge in [-0.1, -0.05) is 42.5 Å². The van der Waals surface area contributed by atoms with Crippen LogP contribution in [0.3, 0.4) is 0 Å². The molecule has 0 saturated heterocycles. The lowest BCUT2D eigenvalue weighted by atomic mass is 10.0. The number of rotatable bonds is 5. The molecule has 0 aliphatic carbocycles. The molecule has 2 rings (SSSR count). The van der Waals surface area contributed by atoms with E-state index in [4.69, 9.17) is 5.73 Å². The van der Waals surface area contributed by atoms with Crippen LogP contribution in [0.25, 0.3) is 10.8 Å². The van der Waals surface area contributed by atoms with Crippen molar-refractivity contribution in [2.75, 3.05) is 13.1 Å². The Labute approximate surface area is 119 Å². The van der Waals surface area contributed by atoms with Gasteiger partial charge in [0.25, 0.3) is 0 Å². The standard InChI is InChI=1S/C15H18N2O.ClH/c16-9-4-10-17-15(18)11-13-7-3-6-12-5-1-2-8-14(12)13;/h1-3,5-8H,4,9-11,16H2,(H,17,18);1H. The first-order valence-electron chi connectivity index (χ1n) is 6.24. The molecule has 0 atom stereocenters. The molecule has 0 unspecified atom stereocenters. The van der Waals surface area contributed by atoms with Gasteiger partial charge in [-0.3, -0.25) is 4.79 Å². The van der Waals surface area contributed by atoms with Crippen LogP contribution in [-0.2, 0) is 11.2 Å². The van der Waals surface area contributed by atoms with Crippen molar-refractivity contribution in [3.8, 4) is 0 Å². The number of benzene rings is 2. The second-order valence-corrected chi connectivity index (χ2v) is 4.31. The van der Waals surface area contributed by atoms with Crippen LogP contribution in [0.15, 0.2) is 42.5 Å². The molecule has 0 aliphatic heterocycles. The van der Waals surface area contributed by atoms with Gasteiger partial charge in [0, 0.05) is 6.54 Å². The van der Waals surface area contributed by atoms with E-state index in [1.54, 1.807) is 0 Å². The molecule has 0 fully saturated rings. The molecule has 0 aromatic heterocycles. The largest absolute Gasteiger partial charge is 0.356 e. The van der Waals surface area contributed by atoms with Gasteiger partial charge < -0.3 is 11.1 Å². The number of carbonyl (C=O) groups is 1. The van der Waals surface area contributed by atoms with Crippen molar-refractivity contribution in [2.24, 2.45) is 5.73 Å². The van der Waals surface area contributed by atoms with Gasteiger partial charge in [-0.15, -0.1) is 12.4 Å². The van der Waals surface area contributed by atoms with Crippen LogP contribution in [0.1, 0.15) is 12.0 Å². The molecule has 0 aliphatic rings. The number of nitrogens with two attached hydrogens (primary N) is 1. The van der Waals surface area contributed by atoms with Crippen LogP contribution >= 0.6 is 12.4 Å². The Bertz CT molecular complexity index is 537. The van der Waals surface area contributed by atoms with Crippen molar-refractivity contribution >= 4 is 29.1 Å². The van der Waals surface area contributed by atoms with Crippen molar-refractivity contribution in [1.29, 1.82) is 0 Å². The first-order valence-corrected chi connectivity index (χ1v) is 6.24. The zero-order valence-electron chi connectivity index (χ0n) is 10.8. The van der Waals surface area contributed by atoms with E-state index in [9.17, 15) is 4.79 Å². The summed E-state index contributed by atoms with van der Waals surface area (Å²) in [6.07, 6.45) is 1.24. The fourth-order valence-corrected chi connectivity index (χ4v) is 2.01. The summed E-state index contributed by atoms with van der Waals surface area (Å²) in [6.45, 7) is 1.26. The molecule has 1 amide bonds. The van der Waals surface area contributed by atoms with Crippen LogP contribution in [0.5, 0.6) is 0 Å². The fourth-order valence-electron chi connectivity index (χ4n) is 2.01. The van der Waals surface area contributed by atoms with Crippen molar-refractivity contribution in [2.45, 2.75) is 12.8 Å². The molecule has 19 heavy (non-hydrogen) atoms. The second kappa shape index (κ2) is 7.77. The van der Waals surface area contributed by atoms with E-state index in [0.29, 0.717) is 19.5 Å². The minimum Gasteiger partial charge on any atom is -0.356 e. The summed E-state index contributed by atoms with van der Waals surface area (Å²) in [6, 6.07) is 14.2. The molecule has 3 nitrogen and oxygen atoms in total. The normalized spacial score (nSPS) is 9.95. The number of halogens is 1. The lowest BCUT2D eigenvalue weighted by molar-refractivity contribution is -0.120. The van der Waals surface area contributed by atoms with Gasteiger partial charge in [-0.2, -0.15) is 0 Å². The van der Waals surface area contributed by atoms with E-state index in [0.717, 1.165) is 17.4 Å². The first kappa shape index (κ1) is 15.5. The molecular formula is C15H19ClN2O. The summed E-state index contributed by atoms with van der Waals surface area (Å²) in [7, 11) is 0. The number of hydrogen-bond acceptors (Lipinski definition) is 2. The van der Waals surface area contributed by atoms with Crippen molar-refractivity contribution < 1.29 is 4.79 Å². The molecule has 2 aromatic rings. The quantitative estimate of drug-likeness (QED) is 0.825. The maximum absolute atomic E-state index is 11.8. The van der Waals surface area contributed by atoms with E-state index in [2.05, 4.69) is 23.5 Å². The number of carbonyl (C=O) groups excluding carboxylic acids is 1. The van der Waals surface area contributed by atoms with Crippen LogP contribution < -0.4 is 11.1 Å². The molecule has 102 valence electrons. The molecule has 0 spiro atoms. The predicted octanol–water partition coefficient (Wildman–Crippen LogP) is 2.27. The van der Waals surface area contributed by atoms with Crippen LogP contribution in [0, 0.1) is 0 Å². The molecule has 3 N–H and O–H groups in total. The topological polar surface area (TPSA) is 55.1 Å². The van der Waals surface area contributed by atoms with Gasteiger partial charge >= 0.3 is 0 Å². The van der Waals surface area contributed by atoms with Crippen LogP contribution in [0.4, 0.5) is 0 Å². The summed E-state index contributed by atoms with van der Waals surface area (Å²) < 4.78 is 0. The Kier molecular flexibility index (Phi) is 6.33. The van der Waals surface area contributed by atoms with Gasteiger partial charge in [-0.25, -0.2) is 0 Å². The highest BCUT2D eigenvalue weighted by atomic mass is 35.5. The van der Waals surface area contributed by atoms with Gasteiger partial charge in [0.05, 0.1) is 6.42 Å². The fraction of sp³-hybridized carbons (Fsp3) is 0.267. The van der Waals surface area contributed by atoms with Gasteiger partial charge in [0.2, 0.25) is 5.91 Å². The molecular weight excluding hydrogens is 260 g/mol. The number of nitrogens with one attached hydrogen (secondary N) is 1. The van der Waals surface area contributed by atoms with E-state index in [1.165, 1.54) is 5.39 Å². The van der Waals surface area contributed by atoms with Gasteiger partial charge in [0.15, 0.2) is 0 Å². The third kappa shape index (κ3) is 4.23. The lowest BCUT2D eigenvalue weighted by Crippen LogP contribution is -2.27. The van der Waals surface area contributed by atoms with E-state index in [-0.39, 0.29) is 18.3 Å². The monoisotopic (exact) mass is 278 g/mol. The number of hydrogen-bond donors (Lipinski definition) is 2. The molecule has 2 aromatic carbocycles. The van der Waals surface area contributed by atoms with Crippen molar-refractivity contribution in [1.82, 2.24) is 5.32 Å². The van der Waals surface area contributed by atoms with E-state index < -0.39 is 0 Å². The highest BCUT2D eigenvalue weighted by Gasteiger charge is 2.05.